The summed E-state index contributed by atoms with van der Waals surface area (Å²) in [6.45, 7) is 4.87. The molecule has 0 aromatic carbocycles. The zero-order valence-electron chi connectivity index (χ0n) is 12.2. The molecule has 1 aliphatic heterocycles. The molecule has 2 atom stereocenters. The van der Waals surface area contributed by atoms with Gasteiger partial charge in [0.2, 0.25) is 0 Å². The fraction of sp³-hybridized carbons (Fsp3) is 0.769. The first-order chi connectivity index (χ1) is 9.34. The van der Waals surface area contributed by atoms with E-state index in [4.69, 9.17) is 0 Å². The predicted octanol–water partition coefficient (Wildman–Crippen LogP) is 1.45. The maximum absolute atomic E-state index is 11.7. The Bertz CT molecular complexity index is 583. The van der Waals surface area contributed by atoms with Gasteiger partial charge in [-0.2, -0.15) is 5.10 Å². The number of aromatic nitrogens is 2. The smallest absolute Gasteiger partial charge is 0.150 e. The van der Waals surface area contributed by atoms with E-state index in [1.54, 1.807) is 0 Å². The Balaban J connectivity index is 2.18. The fourth-order valence-electron chi connectivity index (χ4n) is 2.92. The van der Waals surface area contributed by atoms with Crippen LogP contribution in [0.5, 0.6) is 0 Å². The molecule has 0 aliphatic carbocycles. The van der Waals surface area contributed by atoms with E-state index in [-0.39, 0.29) is 12.0 Å². The number of sulfone groups is 1. The monoisotopic (exact) mass is 363 g/mol. The van der Waals surface area contributed by atoms with Crippen molar-refractivity contribution >= 4 is 25.8 Å². The van der Waals surface area contributed by atoms with Gasteiger partial charge in [0.1, 0.15) is 0 Å². The van der Waals surface area contributed by atoms with Crippen LogP contribution < -0.4 is 5.32 Å². The van der Waals surface area contributed by atoms with E-state index in [0.29, 0.717) is 11.5 Å². The Morgan fingerprint density at radius 3 is 2.70 bits per heavy atom. The molecular weight excluding hydrogens is 342 g/mol. The first-order valence-corrected chi connectivity index (χ1v) is 9.57. The molecule has 1 aromatic heterocycles. The molecule has 0 amide bonds. The molecule has 1 aromatic rings. The van der Waals surface area contributed by atoms with Crippen molar-refractivity contribution < 1.29 is 8.42 Å². The maximum atomic E-state index is 11.7. The van der Waals surface area contributed by atoms with Gasteiger partial charge in [-0.15, -0.1) is 0 Å². The van der Waals surface area contributed by atoms with Crippen LogP contribution in [0.1, 0.15) is 24.7 Å². The number of nitrogens with one attached hydrogen (secondary N) is 1. The van der Waals surface area contributed by atoms with Gasteiger partial charge in [-0.1, -0.05) is 6.92 Å². The van der Waals surface area contributed by atoms with Gasteiger partial charge in [0.25, 0.3) is 0 Å². The first-order valence-electron chi connectivity index (χ1n) is 6.96. The van der Waals surface area contributed by atoms with E-state index in [1.807, 2.05) is 18.7 Å². The van der Waals surface area contributed by atoms with E-state index in [9.17, 15) is 8.42 Å². The van der Waals surface area contributed by atoms with Crippen LogP contribution in [-0.2, 0) is 23.3 Å². The van der Waals surface area contributed by atoms with Crippen molar-refractivity contribution in [2.75, 3.05) is 18.1 Å². The minimum Gasteiger partial charge on any atom is -0.314 e. The largest absolute Gasteiger partial charge is 0.314 e. The van der Waals surface area contributed by atoms with Gasteiger partial charge in [-0.05, 0) is 41.7 Å². The van der Waals surface area contributed by atoms with Crippen LogP contribution in [0.2, 0.25) is 0 Å². The van der Waals surface area contributed by atoms with Crippen LogP contribution in [0.15, 0.2) is 4.47 Å². The second-order valence-electron chi connectivity index (χ2n) is 5.50. The summed E-state index contributed by atoms with van der Waals surface area (Å²) in [4.78, 5) is 0. The van der Waals surface area contributed by atoms with Crippen LogP contribution in [-0.4, -0.2) is 42.3 Å². The molecule has 0 bridgehead atoms. The molecule has 1 saturated heterocycles. The lowest BCUT2D eigenvalue weighted by molar-refractivity contribution is 0.379. The SMILES string of the molecule is CCNC(Cc1c(Br)c(C)nn1C)C1CCS(=O)(=O)C1. The molecule has 2 heterocycles. The van der Waals surface area contributed by atoms with Crippen molar-refractivity contribution in [1.82, 2.24) is 15.1 Å². The lowest BCUT2D eigenvalue weighted by atomic mass is 9.95. The number of nitrogens with zero attached hydrogens (tertiary/aromatic N) is 2. The molecule has 1 fully saturated rings. The molecule has 7 heteroatoms. The molecule has 5 nitrogen and oxygen atoms in total. The molecule has 0 radical (unpaired) electrons. The standard InChI is InChI=1S/C13H22BrN3O2S/c1-4-15-11(10-5-6-20(18,19)8-10)7-12-13(14)9(2)16-17(12)3/h10-11,15H,4-8H2,1-3H3. The number of aryl methyl sites for hydroxylation is 2. The molecule has 1 N–H and O–H groups in total. The summed E-state index contributed by atoms with van der Waals surface area (Å²) < 4.78 is 26.3. The van der Waals surface area contributed by atoms with E-state index in [0.717, 1.165) is 35.2 Å². The summed E-state index contributed by atoms with van der Waals surface area (Å²) in [5.74, 6) is 0.826. The molecule has 0 spiro atoms. The van der Waals surface area contributed by atoms with Gasteiger partial charge in [-0.25, -0.2) is 8.42 Å². The highest BCUT2D eigenvalue weighted by atomic mass is 79.9. The lowest BCUT2D eigenvalue weighted by Gasteiger charge is -2.23. The van der Waals surface area contributed by atoms with Gasteiger partial charge in [-0.3, -0.25) is 4.68 Å². The number of hydrogen-bond donors (Lipinski definition) is 1. The number of likely N-dealkylation sites (N-methyl/N-ethyl adjacent to an activating group) is 1. The van der Waals surface area contributed by atoms with Crippen LogP contribution in [0.4, 0.5) is 0 Å². The van der Waals surface area contributed by atoms with Crippen LogP contribution in [0, 0.1) is 12.8 Å². The highest BCUT2D eigenvalue weighted by Crippen LogP contribution is 2.27. The molecule has 0 saturated carbocycles. The van der Waals surface area contributed by atoms with Gasteiger partial charge in [0.05, 0.1) is 27.4 Å². The Hall–Kier alpha value is -0.400. The highest BCUT2D eigenvalue weighted by Gasteiger charge is 2.34. The third-order valence-corrected chi connectivity index (χ3v) is 6.80. The number of rotatable bonds is 5. The van der Waals surface area contributed by atoms with Crippen molar-refractivity contribution in [3.8, 4) is 0 Å². The summed E-state index contributed by atoms with van der Waals surface area (Å²) in [5.41, 5.74) is 2.09. The summed E-state index contributed by atoms with van der Waals surface area (Å²) in [7, 11) is -0.908. The predicted molar refractivity (Wildman–Crippen MR) is 83.6 cm³/mol. The number of hydrogen-bond acceptors (Lipinski definition) is 4. The average molecular weight is 364 g/mol. The van der Waals surface area contributed by atoms with Gasteiger partial charge in [0, 0.05) is 19.5 Å². The summed E-state index contributed by atoms with van der Waals surface area (Å²) in [6, 6.07) is 0.184. The highest BCUT2D eigenvalue weighted by molar-refractivity contribution is 9.10. The van der Waals surface area contributed by atoms with E-state index < -0.39 is 9.84 Å². The van der Waals surface area contributed by atoms with E-state index >= 15 is 0 Å². The topological polar surface area (TPSA) is 64.0 Å². The molecule has 2 unspecified atom stereocenters. The van der Waals surface area contributed by atoms with Crippen LogP contribution >= 0.6 is 15.9 Å². The zero-order chi connectivity index (χ0) is 14.9. The third-order valence-electron chi connectivity index (χ3n) is 3.98. The molecule has 114 valence electrons. The Morgan fingerprint density at radius 2 is 2.25 bits per heavy atom. The second-order valence-corrected chi connectivity index (χ2v) is 8.52. The van der Waals surface area contributed by atoms with E-state index in [2.05, 4.69) is 33.3 Å². The molecule has 20 heavy (non-hydrogen) atoms. The third kappa shape index (κ3) is 3.43. The normalized spacial score (nSPS) is 23.1. The Kier molecular flexibility index (Phi) is 4.92. The minimum atomic E-state index is -2.84. The van der Waals surface area contributed by atoms with Crippen molar-refractivity contribution in [1.29, 1.82) is 0 Å². The van der Waals surface area contributed by atoms with E-state index in [1.165, 1.54) is 0 Å². The molecular formula is C13H22BrN3O2S. The van der Waals surface area contributed by atoms with Crippen LogP contribution in [0.3, 0.4) is 0 Å². The Labute approximate surface area is 129 Å². The van der Waals surface area contributed by atoms with Crippen molar-refractivity contribution in [2.45, 2.75) is 32.7 Å². The first kappa shape index (κ1) is 16.0. The molecule has 1 aliphatic rings. The number of halogens is 1. The summed E-state index contributed by atoms with van der Waals surface area (Å²) in [6.07, 6.45) is 1.56. The Morgan fingerprint density at radius 1 is 1.55 bits per heavy atom. The average Bonchev–Trinajstić information content (AvgIpc) is 2.83. The molecule has 2 rings (SSSR count). The quantitative estimate of drug-likeness (QED) is 0.859. The van der Waals surface area contributed by atoms with Gasteiger partial charge >= 0.3 is 0 Å². The van der Waals surface area contributed by atoms with Crippen molar-refractivity contribution in [2.24, 2.45) is 13.0 Å². The van der Waals surface area contributed by atoms with Gasteiger partial charge in [0.15, 0.2) is 9.84 Å². The zero-order valence-corrected chi connectivity index (χ0v) is 14.6. The van der Waals surface area contributed by atoms with Crippen molar-refractivity contribution in [3.05, 3.63) is 15.9 Å². The maximum Gasteiger partial charge on any atom is 0.150 e. The second kappa shape index (κ2) is 6.15. The summed E-state index contributed by atoms with van der Waals surface area (Å²) >= 11 is 3.58. The lowest BCUT2D eigenvalue weighted by Crippen LogP contribution is -2.39. The summed E-state index contributed by atoms with van der Waals surface area (Å²) in [5, 5.41) is 7.85. The fourth-order valence-corrected chi connectivity index (χ4v) is 5.30. The minimum absolute atomic E-state index is 0.184. The van der Waals surface area contributed by atoms with Gasteiger partial charge < -0.3 is 5.32 Å². The van der Waals surface area contributed by atoms with Crippen molar-refractivity contribution in [3.63, 3.8) is 0 Å². The van der Waals surface area contributed by atoms with Crippen LogP contribution in [0.25, 0.3) is 0 Å².